The van der Waals surface area contributed by atoms with Gasteiger partial charge in [-0.1, -0.05) is 59.3 Å². The second-order valence-electron chi connectivity index (χ2n) is 7.92. The lowest BCUT2D eigenvalue weighted by atomic mass is 10.2. The molecule has 0 spiro atoms. The Morgan fingerprint density at radius 3 is 2.34 bits per heavy atom. The van der Waals surface area contributed by atoms with Crippen LogP contribution in [-0.4, -0.2) is 28.1 Å². The molecule has 180 valence electrons. The Balaban J connectivity index is 1.63. The van der Waals surface area contributed by atoms with Crippen molar-refractivity contribution >= 4 is 27.5 Å². The molecule has 0 amide bonds. The number of aromatic nitrogens is 3. The molecule has 0 fully saturated rings. The first-order chi connectivity index (χ1) is 16.7. The molecule has 0 saturated carbocycles. The van der Waals surface area contributed by atoms with Gasteiger partial charge in [-0.3, -0.25) is 14.7 Å². The van der Waals surface area contributed by atoms with Crippen LogP contribution in [0.5, 0.6) is 0 Å². The van der Waals surface area contributed by atoms with Crippen molar-refractivity contribution in [3.05, 3.63) is 105 Å². The normalized spacial score (nSPS) is 11.5. The molecule has 1 aromatic heterocycles. The maximum Gasteiger partial charge on any atom is 0.269 e. The minimum atomic E-state index is -3.77. The van der Waals surface area contributed by atoms with Crippen LogP contribution < -0.4 is 4.72 Å². The van der Waals surface area contributed by atoms with E-state index in [-0.39, 0.29) is 17.1 Å². The summed E-state index contributed by atoms with van der Waals surface area (Å²) in [6.45, 7) is 3.80. The fourth-order valence-electron chi connectivity index (χ4n) is 3.40. The molecule has 0 atom stereocenters. The van der Waals surface area contributed by atoms with Crippen molar-refractivity contribution in [3.8, 4) is 5.69 Å². The highest BCUT2D eigenvalue weighted by molar-refractivity contribution is 7.98. The van der Waals surface area contributed by atoms with E-state index in [9.17, 15) is 18.5 Å². The molecule has 0 unspecified atom stereocenters. The molecular formula is C24H23N5O4S2. The Morgan fingerprint density at radius 2 is 1.69 bits per heavy atom. The Morgan fingerprint density at radius 1 is 0.971 bits per heavy atom. The molecular weight excluding hydrogens is 486 g/mol. The van der Waals surface area contributed by atoms with Gasteiger partial charge in [0, 0.05) is 23.6 Å². The number of hydrogen-bond acceptors (Lipinski definition) is 7. The van der Waals surface area contributed by atoms with Crippen molar-refractivity contribution in [2.45, 2.75) is 36.2 Å². The van der Waals surface area contributed by atoms with Crippen molar-refractivity contribution in [3.63, 3.8) is 0 Å². The Hall–Kier alpha value is -3.54. The maximum atomic E-state index is 12.8. The molecule has 0 bridgehead atoms. The molecule has 1 heterocycles. The number of nitro benzene ring substituents is 1. The van der Waals surface area contributed by atoms with Gasteiger partial charge in [-0.2, -0.15) is 0 Å². The van der Waals surface area contributed by atoms with Crippen LogP contribution in [0, 0.1) is 24.0 Å². The molecule has 3 aromatic carbocycles. The summed E-state index contributed by atoms with van der Waals surface area (Å²) in [6, 6.07) is 20.6. The van der Waals surface area contributed by atoms with E-state index in [0.717, 1.165) is 16.7 Å². The summed E-state index contributed by atoms with van der Waals surface area (Å²) >= 11 is 1.44. The van der Waals surface area contributed by atoms with Crippen molar-refractivity contribution in [2.75, 3.05) is 0 Å². The summed E-state index contributed by atoms with van der Waals surface area (Å²) in [5.41, 5.74) is 3.76. The lowest BCUT2D eigenvalue weighted by Gasteiger charge is -2.11. The molecule has 1 N–H and O–H groups in total. The molecule has 0 aliphatic heterocycles. The SMILES string of the molecule is Cc1ccc(S(=O)(=O)NCc2nnc(SCc3cccc(C)c3)n2-c2ccc([N+](=O)[O-])cc2)cc1. The fraction of sp³-hybridized carbons (Fsp3) is 0.167. The lowest BCUT2D eigenvalue weighted by molar-refractivity contribution is -0.384. The number of sulfonamides is 1. The summed E-state index contributed by atoms with van der Waals surface area (Å²) < 4.78 is 29.9. The Labute approximate surface area is 207 Å². The molecule has 9 nitrogen and oxygen atoms in total. The predicted molar refractivity (Wildman–Crippen MR) is 134 cm³/mol. The third kappa shape index (κ3) is 5.94. The lowest BCUT2D eigenvalue weighted by Crippen LogP contribution is -2.25. The quantitative estimate of drug-likeness (QED) is 0.199. The third-order valence-electron chi connectivity index (χ3n) is 5.22. The molecule has 0 saturated heterocycles. The monoisotopic (exact) mass is 509 g/mol. The number of rotatable bonds is 9. The van der Waals surface area contributed by atoms with Gasteiger partial charge in [-0.15, -0.1) is 10.2 Å². The van der Waals surface area contributed by atoms with E-state index in [1.54, 1.807) is 41.0 Å². The highest BCUT2D eigenvalue weighted by Gasteiger charge is 2.19. The molecule has 0 aliphatic carbocycles. The third-order valence-corrected chi connectivity index (χ3v) is 7.64. The first-order valence-electron chi connectivity index (χ1n) is 10.7. The zero-order chi connectivity index (χ0) is 25.0. The van der Waals surface area contributed by atoms with Gasteiger partial charge in [0.1, 0.15) is 0 Å². The highest BCUT2D eigenvalue weighted by Crippen LogP contribution is 2.27. The molecule has 4 aromatic rings. The topological polar surface area (TPSA) is 120 Å². The van der Waals surface area contributed by atoms with Crippen molar-refractivity contribution in [2.24, 2.45) is 0 Å². The second kappa shape index (κ2) is 10.4. The number of nitrogens with zero attached hydrogens (tertiary/aromatic N) is 4. The van der Waals surface area contributed by atoms with Crippen LogP contribution in [0.4, 0.5) is 5.69 Å². The molecule has 11 heteroatoms. The van der Waals surface area contributed by atoms with E-state index in [0.29, 0.717) is 22.4 Å². The van der Waals surface area contributed by atoms with Gasteiger partial charge in [0.15, 0.2) is 11.0 Å². The molecule has 0 aliphatic rings. The van der Waals surface area contributed by atoms with Gasteiger partial charge in [0.2, 0.25) is 10.0 Å². The summed E-state index contributed by atoms with van der Waals surface area (Å²) in [7, 11) is -3.77. The number of nitro groups is 1. The van der Waals surface area contributed by atoms with E-state index >= 15 is 0 Å². The van der Waals surface area contributed by atoms with Crippen LogP contribution in [0.1, 0.15) is 22.5 Å². The van der Waals surface area contributed by atoms with Crippen LogP contribution in [0.3, 0.4) is 0 Å². The Bertz CT molecular complexity index is 1450. The van der Waals surface area contributed by atoms with Crippen molar-refractivity contribution in [1.29, 1.82) is 0 Å². The molecule has 4 rings (SSSR count). The number of aryl methyl sites for hydroxylation is 2. The van der Waals surface area contributed by atoms with Crippen molar-refractivity contribution in [1.82, 2.24) is 19.5 Å². The largest absolute Gasteiger partial charge is 0.273 e. The number of non-ortho nitro benzene ring substituents is 1. The van der Waals surface area contributed by atoms with E-state index < -0.39 is 14.9 Å². The van der Waals surface area contributed by atoms with E-state index in [1.165, 1.54) is 23.9 Å². The average Bonchev–Trinajstić information content (AvgIpc) is 3.25. The van der Waals surface area contributed by atoms with Crippen LogP contribution in [0.2, 0.25) is 0 Å². The van der Waals surface area contributed by atoms with Gasteiger partial charge in [-0.25, -0.2) is 13.1 Å². The van der Waals surface area contributed by atoms with Gasteiger partial charge < -0.3 is 0 Å². The Kier molecular flexibility index (Phi) is 7.29. The minimum Gasteiger partial charge on any atom is -0.273 e. The van der Waals surface area contributed by atoms with Crippen LogP contribution in [0.15, 0.2) is 82.8 Å². The minimum absolute atomic E-state index is 0.0441. The van der Waals surface area contributed by atoms with Gasteiger partial charge in [0.05, 0.1) is 16.4 Å². The van der Waals surface area contributed by atoms with Crippen LogP contribution in [0.25, 0.3) is 5.69 Å². The van der Waals surface area contributed by atoms with Crippen LogP contribution >= 0.6 is 11.8 Å². The standard InChI is InChI=1S/C24H23N5O4S2/c1-17-6-12-22(13-7-17)35(32,33)25-15-23-26-27-24(34-16-19-5-3-4-18(2)14-19)28(23)20-8-10-21(11-9-20)29(30)31/h3-14,25H,15-16H2,1-2H3. The maximum absolute atomic E-state index is 12.8. The van der Waals surface area contributed by atoms with Crippen LogP contribution in [-0.2, 0) is 22.3 Å². The van der Waals surface area contributed by atoms with Crippen molar-refractivity contribution < 1.29 is 13.3 Å². The zero-order valence-corrected chi connectivity index (χ0v) is 20.7. The number of benzene rings is 3. The van der Waals surface area contributed by atoms with Gasteiger partial charge >= 0.3 is 0 Å². The average molecular weight is 510 g/mol. The predicted octanol–water partition coefficient (Wildman–Crippen LogP) is 4.56. The second-order valence-corrected chi connectivity index (χ2v) is 10.6. The zero-order valence-electron chi connectivity index (χ0n) is 19.1. The summed E-state index contributed by atoms with van der Waals surface area (Å²) in [5, 5.41) is 20.1. The first-order valence-corrected chi connectivity index (χ1v) is 13.1. The van der Waals surface area contributed by atoms with Gasteiger partial charge in [0.25, 0.3) is 5.69 Å². The van der Waals surface area contributed by atoms with Gasteiger partial charge in [-0.05, 0) is 43.7 Å². The molecule has 35 heavy (non-hydrogen) atoms. The number of thioether (sulfide) groups is 1. The molecule has 0 radical (unpaired) electrons. The smallest absolute Gasteiger partial charge is 0.269 e. The number of nitrogens with one attached hydrogen (secondary N) is 1. The number of hydrogen-bond donors (Lipinski definition) is 1. The van der Waals surface area contributed by atoms with E-state index in [2.05, 4.69) is 21.0 Å². The summed E-state index contributed by atoms with van der Waals surface area (Å²) in [5.74, 6) is 0.989. The highest BCUT2D eigenvalue weighted by atomic mass is 32.2. The fourth-order valence-corrected chi connectivity index (χ4v) is 5.30. The summed E-state index contributed by atoms with van der Waals surface area (Å²) in [6.07, 6.45) is 0. The van der Waals surface area contributed by atoms with E-state index in [4.69, 9.17) is 0 Å². The van der Waals surface area contributed by atoms with E-state index in [1.807, 2.05) is 32.0 Å². The summed E-state index contributed by atoms with van der Waals surface area (Å²) in [4.78, 5) is 10.8. The first kappa shape index (κ1) is 24.6.